The van der Waals surface area contributed by atoms with Gasteiger partial charge in [0.1, 0.15) is 0 Å². The van der Waals surface area contributed by atoms with Crippen LogP contribution in [0.4, 0.5) is 0 Å². The van der Waals surface area contributed by atoms with Gasteiger partial charge in [0.05, 0.1) is 0 Å². The number of nitrogens with one attached hydrogen (secondary N) is 1. The number of hydrogen-bond acceptors (Lipinski definition) is 2. The molecule has 0 aliphatic carbocycles. The van der Waals surface area contributed by atoms with Gasteiger partial charge in [-0.25, -0.2) is 0 Å². The molecule has 2 rings (SSSR count). The number of nitrogens with zero attached hydrogens (tertiary/aromatic N) is 1. The van der Waals surface area contributed by atoms with Crippen LogP contribution >= 0.6 is 0 Å². The molecule has 1 aliphatic heterocycles. The van der Waals surface area contributed by atoms with E-state index in [9.17, 15) is 4.79 Å². The van der Waals surface area contributed by atoms with Crippen molar-refractivity contribution in [1.82, 2.24) is 9.88 Å². The monoisotopic (exact) mass is 164 g/mol. The van der Waals surface area contributed by atoms with E-state index in [4.69, 9.17) is 0 Å². The summed E-state index contributed by atoms with van der Waals surface area (Å²) in [5, 5.41) is 3.22. The smallest absolute Gasteiger partial charge is 0.181 e. The Kier molecular flexibility index (Phi) is 1.96. The highest BCUT2D eigenvalue weighted by Gasteiger charge is 2.15. The van der Waals surface area contributed by atoms with E-state index in [1.54, 1.807) is 12.1 Å². The first kappa shape index (κ1) is 7.55. The molecule has 0 unspecified atom stereocenters. The number of aromatic nitrogens is 1. The molecule has 1 aromatic rings. The Morgan fingerprint density at radius 3 is 2.58 bits per heavy atom. The average Bonchev–Trinajstić information content (AvgIpc) is 2.00. The van der Waals surface area contributed by atoms with Crippen LogP contribution in [0.15, 0.2) is 29.3 Å². The molecule has 0 spiro atoms. The highest BCUT2D eigenvalue weighted by molar-refractivity contribution is 4.94. The van der Waals surface area contributed by atoms with E-state index in [2.05, 4.69) is 9.88 Å². The molecule has 0 bridgehead atoms. The van der Waals surface area contributed by atoms with Gasteiger partial charge in [0.2, 0.25) is 0 Å². The van der Waals surface area contributed by atoms with Crippen LogP contribution in [0.2, 0.25) is 0 Å². The molecule has 1 saturated heterocycles. The summed E-state index contributed by atoms with van der Waals surface area (Å²) < 4.78 is 2.06. The second-order valence-electron chi connectivity index (χ2n) is 3.25. The quantitative estimate of drug-likeness (QED) is 0.671. The lowest BCUT2D eigenvalue weighted by Gasteiger charge is -2.27. The van der Waals surface area contributed by atoms with E-state index < -0.39 is 0 Å². The lowest BCUT2D eigenvalue weighted by molar-refractivity contribution is 0.306. The Hall–Kier alpha value is -1.09. The first-order valence-electron chi connectivity index (χ1n) is 4.21. The van der Waals surface area contributed by atoms with E-state index >= 15 is 0 Å². The van der Waals surface area contributed by atoms with Crippen molar-refractivity contribution < 1.29 is 0 Å². The van der Waals surface area contributed by atoms with Gasteiger partial charge in [0.25, 0.3) is 0 Å². The van der Waals surface area contributed by atoms with Crippen LogP contribution in [-0.4, -0.2) is 17.7 Å². The van der Waals surface area contributed by atoms with Crippen molar-refractivity contribution in [3.8, 4) is 0 Å². The van der Waals surface area contributed by atoms with Crippen molar-refractivity contribution in [2.24, 2.45) is 5.92 Å². The van der Waals surface area contributed by atoms with Crippen molar-refractivity contribution in [3.05, 3.63) is 34.7 Å². The standard InChI is InChI=1S/C9H12N2O/c12-9-1-3-11(4-2-9)7-8-5-10-6-8/h1-4,8,10H,5-7H2. The molecule has 1 aliphatic rings. The maximum absolute atomic E-state index is 10.8. The second-order valence-corrected chi connectivity index (χ2v) is 3.25. The molecule has 64 valence electrons. The van der Waals surface area contributed by atoms with Gasteiger partial charge in [-0.3, -0.25) is 4.79 Å². The maximum atomic E-state index is 10.8. The topological polar surface area (TPSA) is 34.0 Å². The molecular formula is C9H12N2O. The molecule has 12 heavy (non-hydrogen) atoms. The molecule has 1 N–H and O–H groups in total. The third kappa shape index (κ3) is 1.56. The van der Waals surface area contributed by atoms with E-state index in [1.165, 1.54) is 0 Å². The second kappa shape index (κ2) is 3.11. The molecule has 1 fully saturated rings. The summed E-state index contributed by atoms with van der Waals surface area (Å²) in [6, 6.07) is 3.21. The van der Waals surface area contributed by atoms with E-state index in [-0.39, 0.29) is 5.43 Å². The van der Waals surface area contributed by atoms with Crippen molar-refractivity contribution in [2.45, 2.75) is 6.54 Å². The molecule has 0 atom stereocenters. The van der Waals surface area contributed by atoms with Crippen molar-refractivity contribution >= 4 is 0 Å². The molecular weight excluding hydrogens is 152 g/mol. The zero-order chi connectivity index (χ0) is 8.39. The van der Waals surface area contributed by atoms with Crippen LogP contribution in [0.1, 0.15) is 0 Å². The average molecular weight is 164 g/mol. The first-order chi connectivity index (χ1) is 5.84. The molecule has 1 aromatic heterocycles. The van der Waals surface area contributed by atoms with Gasteiger partial charge in [-0.05, 0) is 0 Å². The van der Waals surface area contributed by atoms with Crippen LogP contribution in [0.3, 0.4) is 0 Å². The minimum atomic E-state index is 0.0815. The Labute approximate surface area is 71.0 Å². The van der Waals surface area contributed by atoms with Crippen molar-refractivity contribution in [1.29, 1.82) is 0 Å². The summed E-state index contributed by atoms with van der Waals surface area (Å²) in [5.41, 5.74) is 0.0815. The summed E-state index contributed by atoms with van der Waals surface area (Å²) in [4.78, 5) is 10.8. The zero-order valence-corrected chi connectivity index (χ0v) is 6.86. The lowest BCUT2D eigenvalue weighted by atomic mass is 10.0. The molecule has 0 aromatic carbocycles. The summed E-state index contributed by atoms with van der Waals surface area (Å²) in [7, 11) is 0. The summed E-state index contributed by atoms with van der Waals surface area (Å²) in [5.74, 6) is 0.743. The van der Waals surface area contributed by atoms with Crippen LogP contribution in [0.25, 0.3) is 0 Å². The SMILES string of the molecule is O=c1ccn(CC2CNC2)cc1. The van der Waals surface area contributed by atoms with Crippen LogP contribution in [0.5, 0.6) is 0 Å². The Morgan fingerprint density at radius 1 is 1.42 bits per heavy atom. The molecule has 0 radical (unpaired) electrons. The number of rotatable bonds is 2. The Balaban J connectivity index is 2.03. The molecule has 0 amide bonds. The predicted octanol–water partition coefficient (Wildman–Crippen LogP) is 0.0677. The molecule has 2 heterocycles. The van der Waals surface area contributed by atoms with Crippen LogP contribution < -0.4 is 10.7 Å². The van der Waals surface area contributed by atoms with Gasteiger partial charge in [-0.15, -0.1) is 0 Å². The Morgan fingerprint density at radius 2 is 2.08 bits per heavy atom. The highest BCUT2D eigenvalue weighted by Crippen LogP contribution is 2.05. The zero-order valence-electron chi connectivity index (χ0n) is 6.86. The molecule has 3 heteroatoms. The van der Waals surface area contributed by atoms with Gasteiger partial charge >= 0.3 is 0 Å². The van der Waals surface area contributed by atoms with Crippen molar-refractivity contribution in [2.75, 3.05) is 13.1 Å². The summed E-state index contributed by atoms with van der Waals surface area (Å²) >= 11 is 0. The Bertz CT molecular complexity index is 294. The van der Waals surface area contributed by atoms with E-state index in [1.807, 2.05) is 12.4 Å². The first-order valence-corrected chi connectivity index (χ1v) is 4.21. The predicted molar refractivity (Wildman–Crippen MR) is 47.1 cm³/mol. The fraction of sp³-hybridized carbons (Fsp3) is 0.444. The van der Waals surface area contributed by atoms with Gasteiger partial charge < -0.3 is 9.88 Å². The van der Waals surface area contributed by atoms with Crippen molar-refractivity contribution in [3.63, 3.8) is 0 Å². The van der Waals surface area contributed by atoms with Crippen LogP contribution in [-0.2, 0) is 6.54 Å². The number of pyridine rings is 1. The summed E-state index contributed by atoms with van der Waals surface area (Å²) in [6.07, 6.45) is 3.70. The molecule has 3 nitrogen and oxygen atoms in total. The van der Waals surface area contributed by atoms with Gasteiger partial charge in [-0.2, -0.15) is 0 Å². The van der Waals surface area contributed by atoms with E-state index in [0.29, 0.717) is 0 Å². The fourth-order valence-electron chi connectivity index (χ4n) is 1.34. The highest BCUT2D eigenvalue weighted by atomic mass is 16.1. The normalized spacial score (nSPS) is 17.3. The third-order valence-electron chi connectivity index (χ3n) is 2.20. The van der Waals surface area contributed by atoms with Gasteiger partial charge in [0.15, 0.2) is 5.43 Å². The minimum absolute atomic E-state index is 0.0815. The fourth-order valence-corrected chi connectivity index (χ4v) is 1.34. The van der Waals surface area contributed by atoms with E-state index in [0.717, 1.165) is 25.6 Å². The summed E-state index contributed by atoms with van der Waals surface area (Å²) in [6.45, 7) is 3.23. The molecule has 0 saturated carbocycles. The minimum Gasteiger partial charge on any atom is -0.354 e. The van der Waals surface area contributed by atoms with Gasteiger partial charge in [0, 0.05) is 50.1 Å². The van der Waals surface area contributed by atoms with Crippen LogP contribution in [0, 0.1) is 5.92 Å². The third-order valence-corrected chi connectivity index (χ3v) is 2.20. The largest absolute Gasteiger partial charge is 0.354 e. The maximum Gasteiger partial charge on any atom is 0.181 e. The number of hydrogen-bond donors (Lipinski definition) is 1. The van der Waals surface area contributed by atoms with Gasteiger partial charge in [-0.1, -0.05) is 0 Å². The lowest BCUT2D eigenvalue weighted by Crippen LogP contribution is -2.44.